The van der Waals surface area contributed by atoms with Crippen LogP contribution in [0.2, 0.25) is 0 Å². The first-order valence-electron chi connectivity index (χ1n) is 7.46. The Morgan fingerprint density at radius 2 is 2.17 bits per heavy atom. The second kappa shape index (κ2) is 9.27. The molecule has 0 aliphatic heterocycles. The molecule has 0 atom stereocenters. The topological polar surface area (TPSA) is 45.7 Å². The van der Waals surface area contributed by atoms with Crippen molar-refractivity contribution in [2.24, 2.45) is 4.99 Å². The summed E-state index contributed by atoms with van der Waals surface area (Å²) >= 11 is 1.75. The Morgan fingerprint density at radius 1 is 1.30 bits per heavy atom. The van der Waals surface area contributed by atoms with E-state index < -0.39 is 0 Å². The number of thiophene rings is 1. The highest BCUT2D eigenvalue weighted by atomic mass is 32.1. The zero-order chi connectivity index (χ0) is 16.5. The Bertz CT molecular complexity index is 629. The molecule has 0 radical (unpaired) electrons. The largest absolute Gasteiger partial charge is 0.380 e. The third-order valence-corrected chi connectivity index (χ3v) is 4.27. The number of nitrogens with one attached hydrogen (secondary N) is 2. The third kappa shape index (κ3) is 5.65. The van der Waals surface area contributed by atoms with Crippen LogP contribution in [-0.4, -0.2) is 26.7 Å². The quantitative estimate of drug-likeness (QED) is 0.604. The summed E-state index contributed by atoms with van der Waals surface area (Å²) in [5.41, 5.74) is 1.55. The van der Waals surface area contributed by atoms with E-state index in [-0.39, 0.29) is 12.4 Å². The maximum absolute atomic E-state index is 13.6. The van der Waals surface area contributed by atoms with Gasteiger partial charge >= 0.3 is 0 Å². The van der Waals surface area contributed by atoms with Crippen LogP contribution in [0.1, 0.15) is 16.0 Å². The number of guanidine groups is 1. The van der Waals surface area contributed by atoms with Crippen LogP contribution in [0.4, 0.5) is 4.39 Å². The minimum absolute atomic E-state index is 0.242. The Morgan fingerprint density at radius 3 is 2.87 bits per heavy atom. The summed E-state index contributed by atoms with van der Waals surface area (Å²) < 4.78 is 18.6. The fraction of sp³-hybridized carbons (Fsp3) is 0.353. The second-order valence-corrected chi connectivity index (χ2v) is 6.07. The standard InChI is InChI=1S/C17H22FN3OS/c1-19-17(20-8-7-15-4-3-9-23-15)21-11-13-5-6-16(18)14(10-13)12-22-2/h3-6,9-10H,7-8,11-12H2,1-2H3,(H2,19,20,21). The molecule has 2 aromatic rings. The zero-order valence-electron chi connectivity index (χ0n) is 13.4. The van der Waals surface area contributed by atoms with E-state index in [0.29, 0.717) is 12.1 Å². The lowest BCUT2D eigenvalue weighted by atomic mass is 10.1. The van der Waals surface area contributed by atoms with Gasteiger partial charge in [0.2, 0.25) is 0 Å². The maximum atomic E-state index is 13.6. The zero-order valence-corrected chi connectivity index (χ0v) is 14.3. The predicted molar refractivity (Wildman–Crippen MR) is 93.3 cm³/mol. The van der Waals surface area contributed by atoms with Crippen molar-refractivity contribution in [3.8, 4) is 0 Å². The van der Waals surface area contributed by atoms with E-state index in [4.69, 9.17) is 4.74 Å². The van der Waals surface area contributed by atoms with Crippen LogP contribution in [0.5, 0.6) is 0 Å². The number of ether oxygens (including phenoxy) is 1. The summed E-state index contributed by atoms with van der Waals surface area (Å²) in [7, 11) is 3.30. The number of hydrogen-bond donors (Lipinski definition) is 2. The lowest BCUT2D eigenvalue weighted by Crippen LogP contribution is -2.37. The lowest BCUT2D eigenvalue weighted by Gasteiger charge is -2.12. The highest BCUT2D eigenvalue weighted by molar-refractivity contribution is 7.09. The molecule has 0 aliphatic rings. The van der Waals surface area contributed by atoms with Gasteiger partial charge in [-0.05, 0) is 35.6 Å². The molecule has 0 saturated carbocycles. The number of hydrogen-bond acceptors (Lipinski definition) is 3. The molecule has 2 N–H and O–H groups in total. The first-order valence-corrected chi connectivity index (χ1v) is 8.34. The number of rotatable bonds is 7. The monoisotopic (exact) mass is 335 g/mol. The predicted octanol–water partition coefficient (Wildman–Crippen LogP) is 2.94. The Labute approximate surface area is 140 Å². The normalized spacial score (nSPS) is 11.5. The van der Waals surface area contributed by atoms with Gasteiger partial charge in [-0.1, -0.05) is 12.1 Å². The summed E-state index contributed by atoms with van der Waals surface area (Å²) in [5.74, 6) is 0.494. The molecular weight excluding hydrogens is 313 g/mol. The van der Waals surface area contributed by atoms with Gasteiger partial charge in [-0.25, -0.2) is 4.39 Å². The van der Waals surface area contributed by atoms with Crippen LogP contribution < -0.4 is 10.6 Å². The lowest BCUT2D eigenvalue weighted by molar-refractivity contribution is 0.181. The summed E-state index contributed by atoms with van der Waals surface area (Å²) in [6.45, 7) is 1.67. The van der Waals surface area contributed by atoms with E-state index in [2.05, 4.69) is 33.1 Å². The van der Waals surface area contributed by atoms with Crippen LogP contribution in [0, 0.1) is 5.82 Å². The van der Waals surface area contributed by atoms with Gasteiger partial charge in [-0.15, -0.1) is 11.3 Å². The van der Waals surface area contributed by atoms with Gasteiger partial charge in [0.25, 0.3) is 0 Å². The molecule has 0 aliphatic carbocycles. The summed E-state index contributed by atoms with van der Waals surface area (Å²) in [6.07, 6.45) is 0.965. The number of methoxy groups -OCH3 is 1. The van der Waals surface area contributed by atoms with E-state index in [1.165, 1.54) is 10.9 Å². The molecule has 4 nitrogen and oxygen atoms in total. The molecule has 0 bridgehead atoms. The van der Waals surface area contributed by atoms with Crippen LogP contribution in [0.25, 0.3) is 0 Å². The van der Waals surface area contributed by atoms with Crippen molar-refractivity contribution < 1.29 is 9.13 Å². The molecule has 0 spiro atoms. The van der Waals surface area contributed by atoms with E-state index in [1.54, 1.807) is 31.6 Å². The molecule has 0 fully saturated rings. The van der Waals surface area contributed by atoms with Gasteiger partial charge in [-0.2, -0.15) is 0 Å². The van der Waals surface area contributed by atoms with Gasteiger partial charge in [0.1, 0.15) is 5.82 Å². The van der Waals surface area contributed by atoms with Crippen LogP contribution in [0.15, 0.2) is 40.7 Å². The molecule has 0 saturated heterocycles. The SMILES string of the molecule is CN=C(NCCc1cccs1)NCc1ccc(F)c(COC)c1. The molecule has 2 rings (SSSR count). The van der Waals surface area contributed by atoms with Crippen molar-refractivity contribution in [1.29, 1.82) is 0 Å². The number of benzene rings is 1. The Balaban J connectivity index is 1.82. The minimum atomic E-state index is -0.242. The molecule has 124 valence electrons. The number of halogens is 1. The minimum Gasteiger partial charge on any atom is -0.380 e. The molecule has 1 aromatic heterocycles. The van der Waals surface area contributed by atoms with Crippen LogP contribution >= 0.6 is 11.3 Å². The van der Waals surface area contributed by atoms with Gasteiger partial charge in [-0.3, -0.25) is 4.99 Å². The summed E-state index contributed by atoms with van der Waals surface area (Å²) in [4.78, 5) is 5.54. The van der Waals surface area contributed by atoms with E-state index in [1.807, 2.05) is 6.07 Å². The molecule has 0 amide bonds. The smallest absolute Gasteiger partial charge is 0.191 e. The average Bonchev–Trinajstić information content (AvgIpc) is 3.07. The van der Waals surface area contributed by atoms with Crippen LogP contribution in [0.3, 0.4) is 0 Å². The molecule has 6 heteroatoms. The number of nitrogens with zero attached hydrogens (tertiary/aromatic N) is 1. The second-order valence-electron chi connectivity index (χ2n) is 5.04. The van der Waals surface area contributed by atoms with Crippen molar-refractivity contribution >= 4 is 17.3 Å². The summed E-state index contributed by atoms with van der Waals surface area (Å²) in [5, 5.41) is 8.59. The van der Waals surface area contributed by atoms with Gasteiger partial charge < -0.3 is 15.4 Å². The first-order chi connectivity index (χ1) is 11.2. The Kier molecular flexibility index (Phi) is 7.03. The van der Waals surface area contributed by atoms with Gasteiger partial charge in [0, 0.05) is 37.7 Å². The van der Waals surface area contributed by atoms with Crippen molar-refractivity contribution in [2.75, 3.05) is 20.7 Å². The maximum Gasteiger partial charge on any atom is 0.191 e. The van der Waals surface area contributed by atoms with E-state index in [0.717, 1.165) is 24.5 Å². The molecule has 0 unspecified atom stereocenters. The van der Waals surface area contributed by atoms with Crippen molar-refractivity contribution in [3.05, 3.63) is 57.5 Å². The Hall–Kier alpha value is -1.92. The molecular formula is C17H22FN3OS. The van der Waals surface area contributed by atoms with Gasteiger partial charge in [0.05, 0.1) is 6.61 Å². The highest BCUT2D eigenvalue weighted by Crippen LogP contribution is 2.11. The highest BCUT2D eigenvalue weighted by Gasteiger charge is 2.04. The van der Waals surface area contributed by atoms with E-state index in [9.17, 15) is 4.39 Å². The van der Waals surface area contributed by atoms with Crippen LogP contribution in [-0.2, 0) is 24.3 Å². The summed E-state index contributed by atoms with van der Waals surface area (Å²) in [6, 6.07) is 9.22. The third-order valence-electron chi connectivity index (χ3n) is 3.34. The number of aliphatic imine (C=N–C) groups is 1. The molecule has 1 aromatic carbocycles. The van der Waals surface area contributed by atoms with Gasteiger partial charge in [0.15, 0.2) is 5.96 Å². The van der Waals surface area contributed by atoms with Crippen molar-refractivity contribution in [3.63, 3.8) is 0 Å². The van der Waals surface area contributed by atoms with E-state index >= 15 is 0 Å². The van der Waals surface area contributed by atoms with Crippen molar-refractivity contribution in [2.45, 2.75) is 19.6 Å². The van der Waals surface area contributed by atoms with Crippen molar-refractivity contribution in [1.82, 2.24) is 10.6 Å². The fourth-order valence-corrected chi connectivity index (χ4v) is 2.88. The average molecular weight is 335 g/mol. The molecule has 23 heavy (non-hydrogen) atoms. The first kappa shape index (κ1) is 17.4. The molecule has 1 heterocycles. The fourth-order valence-electron chi connectivity index (χ4n) is 2.17.